The molecule has 1 N–H and O–H groups in total. The minimum atomic E-state index is -0.630. The zero-order chi connectivity index (χ0) is 19.5. The molecule has 0 saturated heterocycles. The molecule has 142 valence electrons. The molecule has 8 heteroatoms. The van der Waals surface area contributed by atoms with Crippen LogP contribution >= 0.6 is 22.9 Å². The molecule has 0 unspecified atom stereocenters. The number of halogens is 1. The lowest BCUT2D eigenvalue weighted by Gasteiger charge is -2.06. The Morgan fingerprint density at radius 3 is 2.86 bits per heavy atom. The van der Waals surface area contributed by atoms with Crippen LogP contribution in [0.4, 0.5) is 5.69 Å². The largest absolute Gasteiger partial charge is 0.454 e. The van der Waals surface area contributed by atoms with Gasteiger partial charge in [-0.25, -0.2) is 4.79 Å². The second-order valence-corrected chi connectivity index (χ2v) is 7.30. The van der Waals surface area contributed by atoms with Crippen LogP contribution in [0, 0.1) is 0 Å². The first-order valence-corrected chi connectivity index (χ1v) is 9.51. The summed E-state index contributed by atoms with van der Waals surface area (Å²) >= 11 is 7.80. The van der Waals surface area contributed by atoms with Crippen LogP contribution in [0.3, 0.4) is 0 Å². The van der Waals surface area contributed by atoms with Crippen molar-refractivity contribution in [2.75, 3.05) is 18.7 Å². The van der Waals surface area contributed by atoms with E-state index in [1.165, 1.54) is 17.4 Å². The van der Waals surface area contributed by atoms with Crippen LogP contribution in [-0.2, 0) is 14.3 Å². The Labute approximate surface area is 169 Å². The fraction of sp³-hybridized carbons (Fsp3) is 0.100. The first kappa shape index (κ1) is 18.3. The molecule has 0 fully saturated rings. The number of anilines is 1. The highest BCUT2D eigenvalue weighted by atomic mass is 35.5. The number of carbonyl (C=O) groups excluding carboxylic acids is 2. The van der Waals surface area contributed by atoms with E-state index < -0.39 is 18.5 Å². The molecule has 0 radical (unpaired) electrons. The van der Waals surface area contributed by atoms with Gasteiger partial charge in [-0.15, -0.1) is 11.3 Å². The molecule has 6 nitrogen and oxygen atoms in total. The average Bonchev–Trinajstić information content (AvgIpc) is 3.29. The third-order valence-corrected chi connectivity index (χ3v) is 5.59. The van der Waals surface area contributed by atoms with Crippen LogP contribution in [0.25, 0.3) is 16.2 Å². The van der Waals surface area contributed by atoms with Crippen LogP contribution in [0.1, 0.15) is 4.88 Å². The number of amides is 1. The topological polar surface area (TPSA) is 73.9 Å². The predicted octanol–water partition coefficient (Wildman–Crippen LogP) is 4.48. The Balaban J connectivity index is 1.31. The maximum atomic E-state index is 12.0. The lowest BCUT2D eigenvalue weighted by Crippen LogP contribution is -2.20. The van der Waals surface area contributed by atoms with E-state index in [-0.39, 0.29) is 6.79 Å². The summed E-state index contributed by atoms with van der Waals surface area (Å²) in [7, 11) is 0. The van der Waals surface area contributed by atoms with Gasteiger partial charge in [0.1, 0.15) is 0 Å². The van der Waals surface area contributed by atoms with Gasteiger partial charge in [0.05, 0.1) is 5.02 Å². The minimum Gasteiger partial charge on any atom is -0.454 e. The summed E-state index contributed by atoms with van der Waals surface area (Å²) in [5.41, 5.74) is 0.526. The molecule has 1 aliphatic rings. The van der Waals surface area contributed by atoms with E-state index in [2.05, 4.69) is 5.32 Å². The van der Waals surface area contributed by atoms with Crippen molar-refractivity contribution in [2.45, 2.75) is 0 Å². The first-order chi connectivity index (χ1) is 13.6. The summed E-state index contributed by atoms with van der Waals surface area (Å²) in [5.74, 6) is 0.0854. The van der Waals surface area contributed by atoms with Crippen LogP contribution in [0.15, 0.2) is 48.5 Å². The standard InChI is InChI=1S/C20H14ClNO5S/c21-20-13-3-1-2-4-16(13)28-17(20)7-8-19(24)25-10-18(23)22-12-5-6-14-15(9-12)27-11-26-14/h1-9H,10-11H2,(H,22,23)/b8-7+. The number of rotatable bonds is 5. The number of esters is 1. The maximum absolute atomic E-state index is 12.0. The third-order valence-electron chi connectivity index (χ3n) is 3.93. The van der Waals surface area contributed by atoms with Gasteiger partial charge in [-0.1, -0.05) is 29.8 Å². The van der Waals surface area contributed by atoms with Crippen molar-refractivity contribution in [1.29, 1.82) is 0 Å². The number of carbonyl (C=O) groups is 2. The highest BCUT2D eigenvalue weighted by molar-refractivity contribution is 7.20. The summed E-state index contributed by atoms with van der Waals surface area (Å²) < 4.78 is 16.5. The fourth-order valence-corrected chi connectivity index (χ4v) is 4.04. The number of hydrogen-bond donors (Lipinski definition) is 1. The van der Waals surface area contributed by atoms with Crippen LogP contribution in [-0.4, -0.2) is 25.3 Å². The van der Waals surface area contributed by atoms with E-state index in [9.17, 15) is 9.59 Å². The van der Waals surface area contributed by atoms with Gasteiger partial charge < -0.3 is 19.5 Å². The smallest absolute Gasteiger partial charge is 0.331 e. The molecule has 1 aliphatic heterocycles. The van der Waals surface area contributed by atoms with Crippen molar-refractivity contribution in [3.05, 3.63) is 58.4 Å². The van der Waals surface area contributed by atoms with Gasteiger partial charge in [-0.05, 0) is 24.3 Å². The normalized spacial score (nSPS) is 12.5. The third kappa shape index (κ3) is 3.95. The molecule has 0 saturated carbocycles. The van der Waals surface area contributed by atoms with Crippen molar-refractivity contribution >= 4 is 56.7 Å². The Morgan fingerprint density at radius 2 is 2.00 bits per heavy atom. The van der Waals surface area contributed by atoms with Crippen molar-refractivity contribution in [3.8, 4) is 11.5 Å². The first-order valence-electron chi connectivity index (χ1n) is 8.31. The highest BCUT2D eigenvalue weighted by Gasteiger charge is 2.14. The number of hydrogen-bond acceptors (Lipinski definition) is 6. The molecule has 0 atom stereocenters. The van der Waals surface area contributed by atoms with E-state index in [0.29, 0.717) is 22.2 Å². The molecule has 28 heavy (non-hydrogen) atoms. The summed E-state index contributed by atoms with van der Waals surface area (Å²) in [6.07, 6.45) is 2.84. The molecular formula is C20H14ClNO5S. The fourth-order valence-electron chi connectivity index (χ4n) is 2.64. The molecule has 1 amide bonds. The van der Waals surface area contributed by atoms with Crippen LogP contribution in [0.5, 0.6) is 11.5 Å². The SMILES string of the molecule is O=C(COC(=O)/C=C/c1sc2ccccc2c1Cl)Nc1ccc2c(c1)OCO2. The Morgan fingerprint density at radius 1 is 1.18 bits per heavy atom. The Bertz CT molecular complexity index is 1090. The lowest BCUT2D eigenvalue weighted by atomic mass is 10.2. The molecule has 2 aromatic carbocycles. The van der Waals surface area contributed by atoms with Crippen molar-refractivity contribution in [1.82, 2.24) is 0 Å². The predicted molar refractivity (Wildman–Crippen MR) is 108 cm³/mol. The van der Waals surface area contributed by atoms with Crippen molar-refractivity contribution in [2.24, 2.45) is 0 Å². The monoisotopic (exact) mass is 415 g/mol. The molecule has 2 heterocycles. The second-order valence-electron chi connectivity index (χ2n) is 5.83. The zero-order valence-corrected chi connectivity index (χ0v) is 16.0. The lowest BCUT2D eigenvalue weighted by molar-refractivity contribution is -0.142. The second kappa shape index (κ2) is 7.92. The molecule has 1 aromatic heterocycles. The van der Waals surface area contributed by atoms with Crippen molar-refractivity contribution < 1.29 is 23.8 Å². The Kier molecular flexibility index (Phi) is 5.18. The quantitative estimate of drug-likeness (QED) is 0.491. The molecule has 4 rings (SSSR count). The molecule has 0 spiro atoms. The summed E-state index contributed by atoms with van der Waals surface area (Å²) in [5, 5.41) is 4.16. The van der Waals surface area contributed by atoms with Crippen LogP contribution in [0.2, 0.25) is 5.02 Å². The number of benzene rings is 2. The van der Waals surface area contributed by atoms with Gasteiger partial charge in [0, 0.05) is 32.8 Å². The summed E-state index contributed by atoms with van der Waals surface area (Å²) in [6, 6.07) is 12.7. The van der Waals surface area contributed by atoms with E-state index in [1.807, 2.05) is 24.3 Å². The number of fused-ring (bicyclic) bond motifs is 2. The van der Waals surface area contributed by atoms with Gasteiger partial charge in [0.25, 0.3) is 5.91 Å². The van der Waals surface area contributed by atoms with Gasteiger partial charge in [-0.3, -0.25) is 4.79 Å². The molecule has 0 bridgehead atoms. The molecular weight excluding hydrogens is 402 g/mol. The molecule has 0 aliphatic carbocycles. The molecule has 3 aromatic rings. The minimum absolute atomic E-state index is 0.153. The number of thiophene rings is 1. The number of ether oxygens (including phenoxy) is 3. The van der Waals surface area contributed by atoms with E-state index in [4.69, 9.17) is 25.8 Å². The summed E-state index contributed by atoms with van der Waals surface area (Å²) in [6.45, 7) is -0.252. The van der Waals surface area contributed by atoms with E-state index in [0.717, 1.165) is 15.0 Å². The van der Waals surface area contributed by atoms with Gasteiger partial charge in [0.15, 0.2) is 18.1 Å². The summed E-state index contributed by atoms with van der Waals surface area (Å²) in [4.78, 5) is 24.6. The van der Waals surface area contributed by atoms with E-state index >= 15 is 0 Å². The van der Waals surface area contributed by atoms with Gasteiger partial charge in [-0.2, -0.15) is 0 Å². The Hall–Kier alpha value is -3.03. The zero-order valence-electron chi connectivity index (χ0n) is 14.4. The van der Waals surface area contributed by atoms with Gasteiger partial charge >= 0.3 is 5.97 Å². The van der Waals surface area contributed by atoms with Crippen LogP contribution < -0.4 is 14.8 Å². The maximum Gasteiger partial charge on any atom is 0.331 e. The average molecular weight is 416 g/mol. The highest BCUT2D eigenvalue weighted by Crippen LogP contribution is 2.36. The van der Waals surface area contributed by atoms with E-state index in [1.54, 1.807) is 24.3 Å². The van der Waals surface area contributed by atoms with Gasteiger partial charge in [0.2, 0.25) is 6.79 Å². The van der Waals surface area contributed by atoms with Crippen molar-refractivity contribution in [3.63, 3.8) is 0 Å². The number of nitrogens with one attached hydrogen (secondary N) is 1.